The summed E-state index contributed by atoms with van der Waals surface area (Å²) in [5.41, 5.74) is 0. The molecule has 11 nitrogen and oxygen atoms in total. The van der Waals surface area contributed by atoms with Crippen molar-refractivity contribution in [3.8, 4) is 0 Å². The van der Waals surface area contributed by atoms with E-state index in [2.05, 4.69) is 0 Å². The number of quaternary nitrogens is 2. The van der Waals surface area contributed by atoms with Crippen molar-refractivity contribution < 1.29 is 51.9 Å². The Kier molecular flexibility index (Phi) is 18.3. The van der Waals surface area contributed by atoms with Gasteiger partial charge in [0.25, 0.3) is 0 Å². The first-order chi connectivity index (χ1) is 18.1. The highest BCUT2D eigenvalue weighted by molar-refractivity contribution is 5.75. The number of rotatable bonds is 22. The zero-order valence-electron chi connectivity index (χ0n) is 25.3. The van der Waals surface area contributed by atoms with Crippen LogP contribution in [0.5, 0.6) is 0 Å². The van der Waals surface area contributed by atoms with E-state index in [-0.39, 0.29) is 59.6 Å². The third kappa shape index (κ3) is 23.1. The number of esters is 4. The van der Waals surface area contributed by atoms with Gasteiger partial charge in [-0.15, -0.1) is 0 Å². The van der Waals surface area contributed by atoms with Gasteiger partial charge in [-0.1, -0.05) is 25.7 Å². The van der Waals surface area contributed by atoms with Crippen molar-refractivity contribution in [2.24, 2.45) is 0 Å². The Morgan fingerprint density at radius 1 is 0.615 bits per heavy atom. The first kappa shape index (κ1) is 36.5. The Morgan fingerprint density at radius 2 is 1.08 bits per heavy atom. The maximum absolute atomic E-state index is 12.7. The summed E-state index contributed by atoms with van der Waals surface area (Å²) in [7, 11) is 7.38. The second kappa shape index (κ2) is 19.5. The monoisotopic (exact) mass is 560 g/mol. The molecule has 0 spiro atoms. The third-order valence-corrected chi connectivity index (χ3v) is 6.15. The van der Waals surface area contributed by atoms with Crippen LogP contribution in [0.15, 0.2) is 0 Å². The van der Waals surface area contributed by atoms with Crippen LogP contribution >= 0.6 is 0 Å². The molecule has 0 rings (SSSR count). The van der Waals surface area contributed by atoms with Gasteiger partial charge in [0.1, 0.15) is 44.8 Å². The SMILES string of the molecule is CC(=O)CCCCCCCCC(COC(=O)C[N+](C)(C)CCOC(C)=O)OC(=O)C[N+](C)(C)CCOC(C)=O. The molecular formula is C28H52N2O9+2. The highest BCUT2D eigenvalue weighted by Gasteiger charge is 2.26. The largest absolute Gasteiger partial charge is 0.460 e. The standard InChI is InChI=1S/C28H52N2O9/c1-23(31)14-12-10-8-9-11-13-15-26(39-28(35)21-30(6,7)17-19-37-25(3)33)22-38-27(34)20-29(4,5)16-18-36-24(2)32/h26H,8-22H2,1-7H3/q+2. The second-order valence-corrected chi connectivity index (χ2v) is 11.5. The third-order valence-electron chi connectivity index (χ3n) is 6.15. The average Bonchev–Trinajstić information content (AvgIpc) is 2.77. The van der Waals surface area contributed by atoms with E-state index in [0.717, 1.165) is 38.5 Å². The molecule has 0 aliphatic heterocycles. The highest BCUT2D eigenvalue weighted by atomic mass is 16.6. The predicted octanol–water partition coefficient (Wildman–Crippen LogP) is 2.43. The van der Waals surface area contributed by atoms with Gasteiger partial charge < -0.3 is 32.7 Å². The van der Waals surface area contributed by atoms with Crippen LogP contribution < -0.4 is 0 Å². The van der Waals surface area contributed by atoms with Crippen molar-refractivity contribution in [3.05, 3.63) is 0 Å². The number of carbonyl (C=O) groups excluding carboxylic acids is 5. The molecule has 11 heteroatoms. The lowest BCUT2D eigenvalue weighted by Gasteiger charge is -2.29. The van der Waals surface area contributed by atoms with Crippen LogP contribution in [-0.2, 0) is 42.9 Å². The normalized spacial score (nSPS) is 12.4. The van der Waals surface area contributed by atoms with Gasteiger partial charge in [0.15, 0.2) is 13.1 Å². The Hall–Kier alpha value is -2.53. The summed E-state index contributed by atoms with van der Waals surface area (Å²) in [5.74, 6) is -1.36. The minimum Gasteiger partial charge on any atom is -0.460 e. The zero-order valence-corrected chi connectivity index (χ0v) is 25.3. The number of hydrogen-bond donors (Lipinski definition) is 0. The van der Waals surface area contributed by atoms with Gasteiger partial charge in [-0.05, 0) is 26.2 Å². The van der Waals surface area contributed by atoms with E-state index < -0.39 is 18.0 Å². The summed E-state index contributed by atoms with van der Waals surface area (Å²) in [6.07, 6.45) is 6.38. The van der Waals surface area contributed by atoms with Gasteiger partial charge in [-0.25, -0.2) is 9.59 Å². The molecule has 0 bridgehead atoms. The van der Waals surface area contributed by atoms with Crippen LogP contribution in [0.3, 0.4) is 0 Å². The predicted molar refractivity (Wildman–Crippen MR) is 145 cm³/mol. The number of likely N-dealkylation sites (N-methyl/N-ethyl adjacent to an activating group) is 2. The number of ether oxygens (including phenoxy) is 4. The molecule has 0 N–H and O–H groups in total. The van der Waals surface area contributed by atoms with Crippen LogP contribution in [-0.4, -0.2) is 119 Å². The van der Waals surface area contributed by atoms with Gasteiger partial charge in [0, 0.05) is 20.3 Å². The number of Topliss-reactive ketones (excluding diaryl/α,β-unsaturated/α-hetero) is 1. The van der Waals surface area contributed by atoms with Crippen molar-refractivity contribution in [2.75, 3.05) is 74.2 Å². The topological polar surface area (TPSA) is 122 Å². The number of nitrogens with zero attached hydrogens (tertiary/aromatic N) is 2. The maximum atomic E-state index is 12.7. The lowest BCUT2D eigenvalue weighted by molar-refractivity contribution is -0.883. The molecule has 0 aromatic rings. The summed E-state index contributed by atoms with van der Waals surface area (Å²) in [5, 5.41) is 0. The van der Waals surface area contributed by atoms with E-state index in [4.69, 9.17) is 18.9 Å². The molecule has 0 aliphatic rings. The van der Waals surface area contributed by atoms with Gasteiger partial charge in [-0.2, -0.15) is 0 Å². The van der Waals surface area contributed by atoms with Crippen LogP contribution in [0, 0.1) is 0 Å². The molecular weight excluding hydrogens is 508 g/mol. The van der Waals surface area contributed by atoms with E-state index >= 15 is 0 Å². The van der Waals surface area contributed by atoms with Gasteiger partial charge in [0.2, 0.25) is 0 Å². The zero-order chi connectivity index (χ0) is 29.9. The lowest BCUT2D eigenvalue weighted by atomic mass is 10.1. The summed E-state index contributed by atoms with van der Waals surface area (Å²) in [6, 6.07) is 0. The minimum atomic E-state index is -0.565. The van der Waals surface area contributed by atoms with Crippen molar-refractivity contribution in [1.82, 2.24) is 0 Å². The number of hydrogen-bond acceptors (Lipinski definition) is 9. The summed E-state index contributed by atoms with van der Waals surface area (Å²) >= 11 is 0. The number of ketones is 1. The maximum Gasteiger partial charge on any atom is 0.362 e. The quantitative estimate of drug-likeness (QED) is 0.0850. The Bertz CT molecular complexity index is 781. The fourth-order valence-electron chi connectivity index (χ4n) is 3.81. The van der Waals surface area contributed by atoms with E-state index in [1.54, 1.807) is 6.92 Å². The second-order valence-electron chi connectivity index (χ2n) is 11.5. The van der Waals surface area contributed by atoms with E-state index in [0.29, 0.717) is 25.9 Å². The summed E-state index contributed by atoms with van der Waals surface area (Å²) < 4.78 is 21.7. The highest BCUT2D eigenvalue weighted by Crippen LogP contribution is 2.13. The number of unbranched alkanes of at least 4 members (excludes halogenated alkanes) is 5. The van der Waals surface area contributed by atoms with Crippen LogP contribution in [0.1, 0.15) is 72.1 Å². The molecule has 1 atom stereocenters. The first-order valence-electron chi connectivity index (χ1n) is 13.9. The van der Waals surface area contributed by atoms with Gasteiger partial charge in [0.05, 0.1) is 28.2 Å². The lowest BCUT2D eigenvalue weighted by Crippen LogP contribution is -2.48. The smallest absolute Gasteiger partial charge is 0.362 e. The molecule has 0 aliphatic carbocycles. The van der Waals surface area contributed by atoms with Gasteiger partial charge >= 0.3 is 23.9 Å². The Balaban J connectivity index is 4.81. The molecule has 0 saturated heterocycles. The van der Waals surface area contributed by atoms with E-state index in [1.807, 2.05) is 28.2 Å². The average molecular weight is 561 g/mol. The summed E-state index contributed by atoms with van der Waals surface area (Å²) in [6.45, 7) is 5.74. The van der Waals surface area contributed by atoms with Crippen LogP contribution in [0.4, 0.5) is 0 Å². The molecule has 0 fully saturated rings. The van der Waals surface area contributed by atoms with Crippen molar-refractivity contribution >= 4 is 29.7 Å². The molecule has 0 aromatic carbocycles. The Morgan fingerprint density at radius 3 is 1.56 bits per heavy atom. The fourth-order valence-corrected chi connectivity index (χ4v) is 3.81. The molecule has 0 amide bonds. The molecule has 0 radical (unpaired) electrons. The van der Waals surface area contributed by atoms with Crippen molar-refractivity contribution in [1.29, 1.82) is 0 Å². The fraction of sp³-hybridized carbons (Fsp3) is 0.821. The number of carbonyl (C=O) groups is 5. The van der Waals surface area contributed by atoms with E-state index in [9.17, 15) is 24.0 Å². The first-order valence-corrected chi connectivity index (χ1v) is 13.9. The summed E-state index contributed by atoms with van der Waals surface area (Å²) in [4.78, 5) is 58.3. The van der Waals surface area contributed by atoms with Crippen molar-refractivity contribution in [2.45, 2.75) is 78.2 Å². The molecule has 0 heterocycles. The molecule has 39 heavy (non-hydrogen) atoms. The minimum absolute atomic E-state index is 0.0337. The molecule has 1 unspecified atom stereocenters. The van der Waals surface area contributed by atoms with Gasteiger partial charge in [-0.3, -0.25) is 9.59 Å². The van der Waals surface area contributed by atoms with E-state index in [1.165, 1.54) is 13.8 Å². The van der Waals surface area contributed by atoms with Crippen molar-refractivity contribution in [3.63, 3.8) is 0 Å². The van der Waals surface area contributed by atoms with Crippen LogP contribution in [0.25, 0.3) is 0 Å². The van der Waals surface area contributed by atoms with Crippen LogP contribution in [0.2, 0.25) is 0 Å². The molecule has 226 valence electrons. The Labute approximate surface area is 234 Å². The molecule has 0 aromatic heterocycles. The molecule has 0 saturated carbocycles.